The lowest BCUT2D eigenvalue weighted by atomic mass is 10.3. The second kappa shape index (κ2) is 6.72. The minimum Gasteiger partial charge on any atom is -0.454 e. The number of benzene rings is 1. The molecule has 0 fully saturated rings. The van der Waals surface area contributed by atoms with Gasteiger partial charge >= 0.3 is 0 Å². The number of carbonyl (C=O) groups excluding carboxylic acids is 1. The maximum atomic E-state index is 11.6. The summed E-state index contributed by atoms with van der Waals surface area (Å²) in [5.41, 5.74) is 1.83. The van der Waals surface area contributed by atoms with Crippen LogP contribution in [0.3, 0.4) is 0 Å². The molecule has 1 aromatic carbocycles. The van der Waals surface area contributed by atoms with Crippen LogP contribution in [0.2, 0.25) is 0 Å². The lowest BCUT2D eigenvalue weighted by Gasteiger charge is -2.09. The molecular formula is C19H17N5O2. The Bertz CT molecular complexity index is 1030. The van der Waals surface area contributed by atoms with Crippen LogP contribution in [0.25, 0.3) is 17.2 Å². The van der Waals surface area contributed by atoms with Gasteiger partial charge in [-0.25, -0.2) is 9.67 Å². The molecule has 0 radical (unpaired) electrons. The van der Waals surface area contributed by atoms with Crippen LogP contribution in [-0.4, -0.2) is 32.3 Å². The zero-order valence-electron chi connectivity index (χ0n) is 14.2. The van der Waals surface area contributed by atoms with Gasteiger partial charge in [-0.2, -0.15) is 5.10 Å². The van der Waals surface area contributed by atoms with Gasteiger partial charge in [0.25, 0.3) is 5.91 Å². The highest BCUT2D eigenvalue weighted by Crippen LogP contribution is 2.22. The molecule has 4 rings (SSSR count). The van der Waals surface area contributed by atoms with E-state index in [4.69, 9.17) is 4.42 Å². The first-order chi connectivity index (χ1) is 12.8. The molecule has 7 heteroatoms. The lowest BCUT2D eigenvalue weighted by Crippen LogP contribution is -2.16. The quantitative estimate of drug-likeness (QED) is 0.602. The lowest BCUT2D eigenvalue weighted by molar-refractivity contribution is 0.0933. The topological polar surface area (TPSA) is 77.9 Å². The van der Waals surface area contributed by atoms with Gasteiger partial charge in [0.2, 0.25) is 0 Å². The van der Waals surface area contributed by atoms with Crippen molar-refractivity contribution in [2.75, 3.05) is 7.05 Å². The molecule has 0 aliphatic heterocycles. The van der Waals surface area contributed by atoms with E-state index in [0.717, 1.165) is 17.2 Å². The second-order valence-corrected chi connectivity index (χ2v) is 5.69. The molecule has 3 heterocycles. The molecule has 1 N–H and O–H groups in total. The Hall–Kier alpha value is -3.61. The summed E-state index contributed by atoms with van der Waals surface area (Å²) in [6, 6.07) is 15.3. The highest BCUT2D eigenvalue weighted by molar-refractivity contribution is 5.91. The number of hydrogen-bond acceptors (Lipinski definition) is 4. The van der Waals surface area contributed by atoms with Crippen molar-refractivity contribution in [1.82, 2.24) is 24.6 Å². The first kappa shape index (κ1) is 15.9. The number of hydrogen-bond donors (Lipinski definition) is 1. The summed E-state index contributed by atoms with van der Waals surface area (Å²) >= 11 is 0. The van der Waals surface area contributed by atoms with E-state index in [-0.39, 0.29) is 5.91 Å². The van der Waals surface area contributed by atoms with E-state index < -0.39 is 0 Å². The van der Waals surface area contributed by atoms with Crippen molar-refractivity contribution in [1.29, 1.82) is 0 Å². The van der Waals surface area contributed by atoms with E-state index in [2.05, 4.69) is 15.4 Å². The van der Waals surface area contributed by atoms with Crippen molar-refractivity contribution in [3.05, 3.63) is 78.6 Å². The van der Waals surface area contributed by atoms with Crippen LogP contribution in [0.5, 0.6) is 0 Å². The Balaban J connectivity index is 1.66. The Morgan fingerprint density at radius 1 is 1.12 bits per heavy atom. The van der Waals surface area contributed by atoms with Gasteiger partial charge in [0.1, 0.15) is 11.5 Å². The Kier molecular flexibility index (Phi) is 4.10. The molecule has 3 aromatic heterocycles. The largest absolute Gasteiger partial charge is 0.454 e. The summed E-state index contributed by atoms with van der Waals surface area (Å²) in [6.45, 7) is 0.465. The third-order valence-corrected chi connectivity index (χ3v) is 4.03. The van der Waals surface area contributed by atoms with Gasteiger partial charge in [-0.05, 0) is 30.3 Å². The predicted octanol–water partition coefficient (Wildman–Crippen LogP) is 2.74. The number of nitrogens with zero attached hydrogens (tertiary/aromatic N) is 4. The molecule has 0 aliphatic rings. The molecule has 0 aliphatic carbocycles. The molecule has 7 nitrogen and oxygen atoms in total. The average molecular weight is 347 g/mol. The summed E-state index contributed by atoms with van der Waals surface area (Å²) in [5.74, 6) is 1.49. The van der Waals surface area contributed by atoms with E-state index in [1.54, 1.807) is 31.6 Å². The molecule has 0 unspecified atom stereocenters. The SMILES string of the molecule is CNC(=O)c1ccc(Cn2ccnc2-c2ccnn2-c2ccccc2)o1. The van der Waals surface area contributed by atoms with Gasteiger partial charge in [-0.3, -0.25) is 4.79 Å². The van der Waals surface area contributed by atoms with E-state index in [1.165, 1.54) is 0 Å². The molecule has 26 heavy (non-hydrogen) atoms. The summed E-state index contributed by atoms with van der Waals surface area (Å²) in [6.07, 6.45) is 5.36. The Morgan fingerprint density at radius 3 is 2.77 bits per heavy atom. The summed E-state index contributed by atoms with van der Waals surface area (Å²) < 4.78 is 9.42. The van der Waals surface area contributed by atoms with Crippen molar-refractivity contribution < 1.29 is 9.21 Å². The smallest absolute Gasteiger partial charge is 0.286 e. The fourth-order valence-corrected chi connectivity index (χ4v) is 2.79. The molecule has 0 saturated carbocycles. The molecule has 1 amide bonds. The highest BCUT2D eigenvalue weighted by Gasteiger charge is 2.15. The van der Waals surface area contributed by atoms with Gasteiger partial charge in [-0.15, -0.1) is 0 Å². The number of rotatable bonds is 5. The van der Waals surface area contributed by atoms with Gasteiger partial charge in [-0.1, -0.05) is 18.2 Å². The number of amides is 1. The van der Waals surface area contributed by atoms with Crippen molar-refractivity contribution in [3.63, 3.8) is 0 Å². The second-order valence-electron chi connectivity index (χ2n) is 5.69. The van der Waals surface area contributed by atoms with E-state index in [1.807, 2.05) is 51.8 Å². The summed E-state index contributed by atoms with van der Waals surface area (Å²) in [4.78, 5) is 16.1. The molecule has 0 atom stereocenters. The predicted molar refractivity (Wildman–Crippen MR) is 96.0 cm³/mol. The van der Waals surface area contributed by atoms with Crippen LogP contribution >= 0.6 is 0 Å². The normalized spacial score (nSPS) is 10.8. The summed E-state index contributed by atoms with van der Waals surface area (Å²) in [5, 5.41) is 6.97. The van der Waals surface area contributed by atoms with E-state index in [9.17, 15) is 4.79 Å². The molecule has 0 spiro atoms. The van der Waals surface area contributed by atoms with Crippen LogP contribution in [0.15, 0.2) is 71.5 Å². The summed E-state index contributed by atoms with van der Waals surface area (Å²) in [7, 11) is 1.57. The van der Waals surface area contributed by atoms with Crippen LogP contribution in [-0.2, 0) is 6.54 Å². The number of furan rings is 1. The minimum atomic E-state index is -0.246. The van der Waals surface area contributed by atoms with Gasteiger partial charge in [0.15, 0.2) is 11.6 Å². The fraction of sp³-hybridized carbons (Fsp3) is 0.105. The standard InChI is InChI=1S/C19H17N5O2/c1-20-19(25)17-8-7-15(26-17)13-23-12-11-21-18(23)16-9-10-22-24(16)14-5-3-2-4-6-14/h2-12H,13H2,1H3,(H,20,25). The maximum absolute atomic E-state index is 11.6. The third-order valence-electron chi connectivity index (χ3n) is 4.03. The number of para-hydroxylation sites is 1. The third kappa shape index (κ3) is 2.90. The molecule has 4 aromatic rings. The Labute approximate surface area is 149 Å². The first-order valence-corrected chi connectivity index (χ1v) is 8.18. The van der Waals surface area contributed by atoms with Crippen LogP contribution in [0, 0.1) is 0 Å². The number of carbonyl (C=O) groups is 1. The van der Waals surface area contributed by atoms with Gasteiger partial charge < -0.3 is 14.3 Å². The zero-order chi connectivity index (χ0) is 17.9. The minimum absolute atomic E-state index is 0.246. The fourth-order valence-electron chi connectivity index (χ4n) is 2.79. The first-order valence-electron chi connectivity index (χ1n) is 8.18. The van der Waals surface area contributed by atoms with Gasteiger partial charge in [0.05, 0.1) is 18.4 Å². The van der Waals surface area contributed by atoms with Crippen molar-refractivity contribution in [2.45, 2.75) is 6.54 Å². The number of imidazole rings is 1. The molecule has 130 valence electrons. The average Bonchev–Trinajstić information content (AvgIpc) is 3.42. The zero-order valence-corrected chi connectivity index (χ0v) is 14.2. The molecule has 0 saturated heterocycles. The Morgan fingerprint density at radius 2 is 1.96 bits per heavy atom. The van der Waals surface area contributed by atoms with Crippen molar-refractivity contribution >= 4 is 5.91 Å². The molecule has 0 bridgehead atoms. The monoisotopic (exact) mass is 347 g/mol. The van der Waals surface area contributed by atoms with Crippen LogP contribution in [0.1, 0.15) is 16.3 Å². The van der Waals surface area contributed by atoms with Crippen LogP contribution in [0.4, 0.5) is 0 Å². The number of nitrogens with one attached hydrogen (secondary N) is 1. The maximum Gasteiger partial charge on any atom is 0.286 e. The van der Waals surface area contributed by atoms with Crippen molar-refractivity contribution in [3.8, 4) is 17.2 Å². The molecular weight excluding hydrogens is 330 g/mol. The van der Waals surface area contributed by atoms with E-state index in [0.29, 0.717) is 18.1 Å². The van der Waals surface area contributed by atoms with Crippen LogP contribution < -0.4 is 5.32 Å². The number of aromatic nitrogens is 4. The van der Waals surface area contributed by atoms with Gasteiger partial charge in [0, 0.05) is 19.4 Å². The van der Waals surface area contributed by atoms with E-state index >= 15 is 0 Å². The highest BCUT2D eigenvalue weighted by atomic mass is 16.4. The van der Waals surface area contributed by atoms with Crippen molar-refractivity contribution in [2.24, 2.45) is 0 Å².